The number of carbonyl (C=O) groups excluding carboxylic acids is 1. The number of carbonyl (C=O) groups is 1. The lowest BCUT2D eigenvalue weighted by atomic mass is 9.89. The molecule has 2 aromatic carbocycles. The molecule has 1 aliphatic rings. The predicted molar refractivity (Wildman–Crippen MR) is 121 cm³/mol. The molecular weight excluding hydrogens is 374 g/mol. The summed E-state index contributed by atoms with van der Waals surface area (Å²) in [6.45, 7) is 5.68. The highest BCUT2D eigenvalue weighted by Gasteiger charge is 2.24. The van der Waals surface area contributed by atoms with Gasteiger partial charge in [0.15, 0.2) is 0 Å². The number of piperidine rings is 1. The molecule has 1 saturated heterocycles. The van der Waals surface area contributed by atoms with Gasteiger partial charge in [-0.3, -0.25) is 9.69 Å². The van der Waals surface area contributed by atoms with E-state index in [1.165, 1.54) is 16.5 Å². The summed E-state index contributed by atoms with van der Waals surface area (Å²) in [7, 11) is 1.89. The summed E-state index contributed by atoms with van der Waals surface area (Å²) >= 11 is 0. The number of nitrogens with zero attached hydrogens (tertiary/aromatic N) is 2. The monoisotopic (exact) mass is 405 g/mol. The molecule has 0 bridgehead atoms. The maximum Gasteiger partial charge on any atom is 0.236 e. The summed E-state index contributed by atoms with van der Waals surface area (Å²) in [5, 5.41) is 1.34. The van der Waals surface area contributed by atoms with E-state index in [0.29, 0.717) is 25.6 Å². The van der Waals surface area contributed by atoms with Gasteiger partial charge in [0, 0.05) is 30.7 Å². The molecule has 2 heterocycles. The highest BCUT2D eigenvalue weighted by molar-refractivity contribution is 5.83. The van der Waals surface area contributed by atoms with E-state index in [1.807, 2.05) is 43.1 Å². The minimum atomic E-state index is 0.175. The van der Waals surface area contributed by atoms with Gasteiger partial charge in [-0.2, -0.15) is 0 Å². The minimum absolute atomic E-state index is 0.175. The average Bonchev–Trinajstić information content (AvgIpc) is 3.20. The third-order valence-corrected chi connectivity index (χ3v) is 6.09. The van der Waals surface area contributed by atoms with Gasteiger partial charge in [0.05, 0.1) is 13.2 Å². The zero-order valence-corrected chi connectivity index (χ0v) is 17.9. The zero-order chi connectivity index (χ0) is 20.9. The van der Waals surface area contributed by atoms with Crippen LogP contribution >= 0.6 is 0 Å². The van der Waals surface area contributed by atoms with Crippen LogP contribution in [0.25, 0.3) is 10.9 Å². The van der Waals surface area contributed by atoms with Crippen molar-refractivity contribution in [2.45, 2.75) is 32.2 Å². The Morgan fingerprint density at radius 2 is 1.87 bits per heavy atom. The van der Waals surface area contributed by atoms with Gasteiger partial charge in [-0.1, -0.05) is 30.3 Å². The summed E-state index contributed by atoms with van der Waals surface area (Å²) in [4.78, 5) is 20.2. The van der Waals surface area contributed by atoms with Crippen molar-refractivity contribution in [3.8, 4) is 5.75 Å². The number of likely N-dealkylation sites (N-methyl/N-ethyl adjacent to an activating group) is 1. The molecule has 1 amide bonds. The van der Waals surface area contributed by atoms with Gasteiger partial charge in [0.25, 0.3) is 0 Å². The van der Waals surface area contributed by atoms with Gasteiger partial charge in [-0.15, -0.1) is 0 Å². The van der Waals surface area contributed by atoms with Gasteiger partial charge in [-0.05, 0) is 68.1 Å². The van der Waals surface area contributed by atoms with Gasteiger partial charge in [0.2, 0.25) is 5.91 Å². The molecule has 0 saturated carbocycles. The Hall–Kier alpha value is -2.79. The van der Waals surface area contributed by atoms with Crippen LogP contribution < -0.4 is 4.74 Å². The maximum atomic E-state index is 12.7. The van der Waals surface area contributed by atoms with Crippen LogP contribution in [0.3, 0.4) is 0 Å². The summed E-state index contributed by atoms with van der Waals surface area (Å²) in [5.74, 6) is 1.61. The molecule has 0 radical (unpaired) electrons. The normalized spacial score (nSPS) is 15.4. The summed E-state index contributed by atoms with van der Waals surface area (Å²) < 4.78 is 5.48. The molecule has 0 atom stereocenters. The van der Waals surface area contributed by atoms with Crippen LogP contribution in [-0.2, 0) is 11.3 Å². The number of hydrogen-bond donors (Lipinski definition) is 1. The standard InChI is InChI=1S/C25H31N3O2/c1-3-30-21-10-8-19(9-11-21)17-27(2)25(29)18-28-14-12-20(13-15-28)23-16-26-24-7-5-4-6-22(23)24/h4-11,16,20,26H,3,12-15,17-18H2,1-2H3. The van der Waals surface area contributed by atoms with Gasteiger partial charge >= 0.3 is 0 Å². The molecule has 0 unspecified atom stereocenters. The molecule has 30 heavy (non-hydrogen) atoms. The number of aromatic amines is 1. The van der Waals surface area contributed by atoms with E-state index in [-0.39, 0.29) is 5.91 Å². The fraction of sp³-hybridized carbons (Fsp3) is 0.400. The van der Waals surface area contributed by atoms with Crippen molar-refractivity contribution >= 4 is 16.8 Å². The number of para-hydroxylation sites is 1. The van der Waals surface area contributed by atoms with Gasteiger partial charge in [0.1, 0.15) is 5.75 Å². The number of amides is 1. The van der Waals surface area contributed by atoms with Gasteiger partial charge < -0.3 is 14.6 Å². The molecular formula is C25H31N3O2. The lowest BCUT2D eigenvalue weighted by molar-refractivity contribution is -0.131. The number of fused-ring (bicyclic) bond motifs is 1. The van der Waals surface area contributed by atoms with E-state index in [0.717, 1.165) is 37.2 Å². The molecule has 158 valence electrons. The van der Waals surface area contributed by atoms with Crippen molar-refractivity contribution in [1.29, 1.82) is 0 Å². The third-order valence-electron chi connectivity index (χ3n) is 6.09. The Morgan fingerprint density at radius 1 is 1.13 bits per heavy atom. The molecule has 0 aliphatic carbocycles. The molecule has 5 heteroatoms. The molecule has 0 spiro atoms. The predicted octanol–water partition coefficient (Wildman–Crippen LogP) is 4.40. The molecule has 4 rings (SSSR count). The molecule has 3 aromatic rings. The number of aromatic nitrogens is 1. The van der Waals surface area contributed by atoms with Crippen LogP contribution in [0.2, 0.25) is 0 Å². The first-order chi connectivity index (χ1) is 14.6. The number of ether oxygens (including phenoxy) is 1. The van der Waals surface area contributed by atoms with Crippen molar-refractivity contribution in [3.63, 3.8) is 0 Å². The second-order valence-corrected chi connectivity index (χ2v) is 8.17. The number of likely N-dealkylation sites (tertiary alicyclic amines) is 1. The Bertz CT molecular complexity index is 971. The van der Waals surface area contributed by atoms with E-state index in [1.54, 1.807) is 0 Å². The van der Waals surface area contributed by atoms with Crippen LogP contribution in [0, 0.1) is 0 Å². The topological polar surface area (TPSA) is 48.6 Å². The van der Waals surface area contributed by atoms with E-state index in [4.69, 9.17) is 4.74 Å². The number of H-pyrrole nitrogens is 1. The van der Waals surface area contributed by atoms with Crippen molar-refractivity contribution in [2.75, 3.05) is 33.3 Å². The number of hydrogen-bond acceptors (Lipinski definition) is 3. The van der Waals surface area contributed by atoms with E-state index >= 15 is 0 Å². The third kappa shape index (κ3) is 4.68. The summed E-state index contributed by atoms with van der Waals surface area (Å²) in [6.07, 6.45) is 4.36. The second-order valence-electron chi connectivity index (χ2n) is 8.17. The van der Waals surface area contributed by atoms with E-state index in [2.05, 4.69) is 40.3 Å². The number of rotatable bonds is 7. The first kappa shape index (κ1) is 20.5. The van der Waals surface area contributed by atoms with Crippen molar-refractivity contribution in [2.24, 2.45) is 0 Å². The molecule has 1 N–H and O–H groups in total. The first-order valence-electron chi connectivity index (χ1n) is 10.9. The smallest absolute Gasteiger partial charge is 0.236 e. The molecule has 1 aromatic heterocycles. The Labute approximate surface area is 178 Å². The van der Waals surface area contributed by atoms with E-state index in [9.17, 15) is 4.79 Å². The molecule has 1 fully saturated rings. The first-order valence-corrected chi connectivity index (χ1v) is 10.9. The Balaban J connectivity index is 1.27. The van der Waals surface area contributed by atoms with Crippen LogP contribution in [0.5, 0.6) is 5.75 Å². The highest BCUT2D eigenvalue weighted by Crippen LogP contribution is 2.33. The van der Waals surface area contributed by atoms with Crippen molar-refractivity contribution in [1.82, 2.24) is 14.8 Å². The number of nitrogens with one attached hydrogen (secondary N) is 1. The maximum absolute atomic E-state index is 12.7. The molecule has 1 aliphatic heterocycles. The highest BCUT2D eigenvalue weighted by atomic mass is 16.5. The van der Waals surface area contributed by atoms with Crippen molar-refractivity contribution in [3.05, 3.63) is 65.9 Å². The summed E-state index contributed by atoms with van der Waals surface area (Å²) in [6, 6.07) is 16.5. The summed E-state index contributed by atoms with van der Waals surface area (Å²) in [5.41, 5.74) is 3.75. The molecule has 5 nitrogen and oxygen atoms in total. The Morgan fingerprint density at radius 3 is 2.60 bits per heavy atom. The van der Waals surface area contributed by atoms with Crippen LogP contribution in [0.4, 0.5) is 0 Å². The lowest BCUT2D eigenvalue weighted by Gasteiger charge is -2.32. The average molecular weight is 406 g/mol. The van der Waals surface area contributed by atoms with Gasteiger partial charge in [-0.25, -0.2) is 0 Å². The fourth-order valence-electron chi connectivity index (χ4n) is 4.37. The SMILES string of the molecule is CCOc1ccc(CN(C)C(=O)CN2CCC(c3c[nH]c4ccccc34)CC2)cc1. The van der Waals surface area contributed by atoms with Crippen LogP contribution in [0.15, 0.2) is 54.7 Å². The minimum Gasteiger partial charge on any atom is -0.494 e. The van der Waals surface area contributed by atoms with Crippen molar-refractivity contribution < 1.29 is 9.53 Å². The lowest BCUT2D eigenvalue weighted by Crippen LogP contribution is -2.41. The quantitative estimate of drug-likeness (QED) is 0.634. The fourth-order valence-corrected chi connectivity index (χ4v) is 4.37. The van der Waals surface area contributed by atoms with Crippen LogP contribution in [0.1, 0.15) is 36.8 Å². The second kappa shape index (κ2) is 9.35. The number of benzene rings is 2. The Kier molecular flexibility index (Phi) is 6.38. The largest absolute Gasteiger partial charge is 0.494 e. The van der Waals surface area contributed by atoms with E-state index < -0.39 is 0 Å². The zero-order valence-electron chi connectivity index (χ0n) is 17.9. The van der Waals surface area contributed by atoms with Crippen LogP contribution in [-0.4, -0.2) is 54.0 Å².